The first kappa shape index (κ1) is 8.40. The predicted octanol–water partition coefficient (Wildman–Crippen LogP) is 2.78. The molecule has 1 aromatic rings. The van der Waals surface area contributed by atoms with Crippen molar-refractivity contribution in [2.45, 2.75) is 6.42 Å². The van der Waals surface area contributed by atoms with Gasteiger partial charge in [0.25, 0.3) is 0 Å². The Morgan fingerprint density at radius 2 is 2.27 bits per heavy atom. The highest BCUT2D eigenvalue weighted by molar-refractivity contribution is 9.10. The van der Waals surface area contributed by atoms with Crippen LogP contribution in [0.5, 0.6) is 0 Å². The van der Waals surface area contributed by atoms with E-state index in [1.807, 2.05) is 0 Å². The van der Waals surface area contributed by atoms with Crippen molar-refractivity contribution in [3.8, 4) is 0 Å². The van der Waals surface area contributed by atoms with Crippen LogP contribution in [-0.2, 0) is 6.42 Å². The highest BCUT2D eigenvalue weighted by Crippen LogP contribution is 2.15. The smallest absolute Gasteiger partial charge is 0.126 e. The van der Waals surface area contributed by atoms with Gasteiger partial charge in [0.05, 0.1) is 0 Å². The molecule has 0 heterocycles. The van der Waals surface area contributed by atoms with Gasteiger partial charge in [0.15, 0.2) is 0 Å². The predicted molar refractivity (Wildman–Crippen MR) is 46.6 cm³/mol. The largest absolute Gasteiger partial charge is 0.313 e. The molecule has 0 aliphatic heterocycles. The molecular formula is C8H7BrFN. The first-order valence-corrected chi connectivity index (χ1v) is 3.96. The van der Waals surface area contributed by atoms with E-state index in [2.05, 4.69) is 15.9 Å². The van der Waals surface area contributed by atoms with E-state index in [9.17, 15) is 4.39 Å². The summed E-state index contributed by atoms with van der Waals surface area (Å²) in [6.45, 7) is 0. The van der Waals surface area contributed by atoms with Crippen molar-refractivity contribution in [1.82, 2.24) is 0 Å². The summed E-state index contributed by atoms with van der Waals surface area (Å²) in [5.74, 6) is -0.253. The van der Waals surface area contributed by atoms with Crippen LogP contribution in [0, 0.1) is 11.2 Å². The maximum absolute atomic E-state index is 12.8. The normalized spacial score (nSPS) is 9.64. The van der Waals surface area contributed by atoms with Gasteiger partial charge >= 0.3 is 0 Å². The molecule has 0 radical (unpaired) electrons. The molecule has 0 aliphatic carbocycles. The Morgan fingerprint density at radius 1 is 1.55 bits per heavy atom. The Balaban J connectivity index is 3.01. The molecule has 1 rings (SSSR count). The summed E-state index contributed by atoms with van der Waals surface area (Å²) in [5.41, 5.74) is 0.550. The van der Waals surface area contributed by atoms with Gasteiger partial charge in [-0.15, -0.1) is 0 Å². The van der Waals surface area contributed by atoms with Crippen molar-refractivity contribution < 1.29 is 4.39 Å². The second kappa shape index (κ2) is 3.62. The van der Waals surface area contributed by atoms with Gasteiger partial charge in [0.1, 0.15) is 5.82 Å². The molecule has 3 heteroatoms. The molecule has 1 N–H and O–H groups in total. The second-order valence-corrected chi connectivity index (χ2v) is 3.06. The molecule has 0 fully saturated rings. The van der Waals surface area contributed by atoms with Crippen molar-refractivity contribution in [2.24, 2.45) is 0 Å². The third kappa shape index (κ3) is 2.12. The molecule has 1 nitrogen and oxygen atoms in total. The molecule has 0 saturated heterocycles. The Morgan fingerprint density at radius 3 is 2.91 bits per heavy atom. The Hall–Kier alpha value is -0.700. The molecule has 0 unspecified atom stereocenters. The number of benzene rings is 1. The van der Waals surface area contributed by atoms with E-state index < -0.39 is 0 Å². The van der Waals surface area contributed by atoms with Crippen LogP contribution in [0.4, 0.5) is 4.39 Å². The van der Waals surface area contributed by atoms with E-state index in [1.54, 1.807) is 12.1 Å². The van der Waals surface area contributed by atoms with E-state index in [1.165, 1.54) is 12.3 Å². The van der Waals surface area contributed by atoms with Crippen LogP contribution in [0.25, 0.3) is 0 Å². The zero-order valence-electron chi connectivity index (χ0n) is 5.77. The number of halogens is 2. The maximum Gasteiger partial charge on any atom is 0.126 e. The van der Waals surface area contributed by atoms with Crippen molar-refractivity contribution >= 4 is 22.1 Å². The van der Waals surface area contributed by atoms with Gasteiger partial charge in [-0.2, -0.15) is 0 Å². The molecule has 11 heavy (non-hydrogen) atoms. The van der Waals surface area contributed by atoms with E-state index in [0.29, 0.717) is 12.0 Å². The molecule has 0 aliphatic rings. The number of hydrogen-bond acceptors (Lipinski definition) is 1. The highest BCUT2D eigenvalue weighted by atomic mass is 79.9. The fourth-order valence-corrected chi connectivity index (χ4v) is 1.22. The first-order chi connectivity index (χ1) is 5.24. The van der Waals surface area contributed by atoms with Crippen LogP contribution in [-0.4, -0.2) is 6.21 Å². The van der Waals surface area contributed by atoms with Crippen molar-refractivity contribution in [3.05, 3.63) is 34.1 Å². The highest BCUT2D eigenvalue weighted by Gasteiger charge is 1.99. The van der Waals surface area contributed by atoms with Crippen LogP contribution >= 0.6 is 15.9 Å². The van der Waals surface area contributed by atoms with Gasteiger partial charge in [-0.1, -0.05) is 15.9 Å². The summed E-state index contributed by atoms with van der Waals surface area (Å²) in [6, 6.07) is 4.71. The summed E-state index contributed by atoms with van der Waals surface area (Å²) in [5, 5.41) is 6.80. The zero-order valence-corrected chi connectivity index (χ0v) is 7.36. The summed E-state index contributed by atoms with van der Waals surface area (Å²) < 4.78 is 13.7. The van der Waals surface area contributed by atoms with E-state index in [0.717, 1.165) is 4.47 Å². The van der Waals surface area contributed by atoms with Crippen molar-refractivity contribution in [3.63, 3.8) is 0 Å². The average molecular weight is 216 g/mol. The lowest BCUT2D eigenvalue weighted by Gasteiger charge is -1.98. The third-order valence-corrected chi connectivity index (χ3v) is 1.82. The fraction of sp³-hybridized carbons (Fsp3) is 0.125. The van der Waals surface area contributed by atoms with Gasteiger partial charge in [-0.05, 0) is 30.0 Å². The third-order valence-electron chi connectivity index (χ3n) is 1.33. The average Bonchev–Trinajstić information content (AvgIpc) is 1.98. The van der Waals surface area contributed by atoms with Gasteiger partial charge in [0.2, 0.25) is 0 Å². The minimum Gasteiger partial charge on any atom is -0.313 e. The van der Waals surface area contributed by atoms with Crippen molar-refractivity contribution in [2.75, 3.05) is 0 Å². The lowest BCUT2D eigenvalue weighted by atomic mass is 10.1. The number of nitrogens with one attached hydrogen (secondary N) is 1. The Labute approximate surface area is 72.9 Å². The molecule has 0 atom stereocenters. The molecule has 0 saturated carbocycles. The molecule has 58 valence electrons. The van der Waals surface area contributed by atoms with E-state index in [4.69, 9.17) is 5.41 Å². The monoisotopic (exact) mass is 215 g/mol. The van der Waals surface area contributed by atoms with Crippen LogP contribution < -0.4 is 0 Å². The summed E-state index contributed by atoms with van der Waals surface area (Å²) >= 11 is 3.22. The lowest BCUT2D eigenvalue weighted by Crippen LogP contribution is -1.90. The standard InChI is InChI=1S/C8H7BrFN/c9-7-1-2-8(10)6(5-7)3-4-11/h1-2,4-5,11H,3H2. The van der Waals surface area contributed by atoms with Crippen molar-refractivity contribution in [1.29, 1.82) is 5.41 Å². The van der Waals surface area contributed by atoms with Crippen LogP contribution in [0.2, 0.25) is 0 Å². The van der Waals surface area contributed by atoms with Crippen LogP contribution in [0.3, 0.4) is 0 Å². The van der Waals surface area contributed by atoms with Gasteiger partial charge in [-0.3, -0.25) is 0 Å². The lowest BCUT2D eigenvalue weighted by molar-refractivity contribution is 0.616. The molecule has 0 amide bonds. The second-order valence-electron chi connectivity index (χ2n) is 2.14. The van der Waals surface area contributed by atoms with Crippen LogP contribution in [0.1, 0.15) is 5.56 Å². The summed E-state index contributed by atoms with van der Waals surface area (Å²) in [6.07, 6.45) is 1.54. The first-order valence-electron chi connectivity index (χ1n) is 3.17. The SMILES string of the molecule is N=CCc1cc(Br)ccc1F. The maximum atomic E-state index is 12.8. The quantitative estimate of drug-likeness (QED) is 0.735. The molecule has 0 spiro atoms. The van der Waals surface area contributed by atoms with E-state index in [-0.39, 0.29) is 5.82 Å². The molecule has 1 aromatic carbocycles. The summed E-state index contributed by atoms with van der Waals surface area (Å²) in [4.78, 5) is 0. The number of rotatable bonds is 2. The molecule has 0 aromatic heterocycles. The molecular weight excluding hydrogens is 209 g/mol. The molecule has 0 bridgehead atoms. The van der Waals surface area contributed by atoms with Crippen LogP contribution in [0.15, 0.2) is 22.7 Å². The van der Waals surface area contributed by atoms with E-state index >= 15 is 0 Å². The fourth-order valence-electron chi connectivity index (χ4n) is 0.810. The van der Waals surface area contributed by atoms with Gasteiger partial charge in [0, 0.05) is 10.9 Å². The van der Waals surface area contributed by atoms with Gasteiger partial charge < -0.3 is 5.41 Å². The Kier molecular flexibility index (Phi) is 2.76. The topological polar surface area (TPSA) is 23.9 Å². The number of hydrogen-bond donors (Lipinski definition) is 1. The Bertz CT molecular complexity index is 273. The minimum absolute atomic E-state index is 0.253. The van der Waals surface area contributed by atoms with Gasteiger partial charge in [-0.25, -0.2) is 4.39 Å². The zero-order chi connectivity index (χ0) is 8.27. The summed E-state index contributed by atoms with van der Waals surface area (Å²) in [7, 11) is 0. The minimum atomic E-state index is -0.253.